The maximum Gasteiger partial charge on any atom is 0.332 e. The lowest BCUT2D eigenvalue weighted by Gasteiger charge is -2.42. The number of ketones is 2. The third kappa shape index (κ3) is 3.14. The molecule has 4 heterocycles. The normalized spacial score (nSPS) is 23.2. The van der Waals surface area contributed by atoms with Crippen LogP contribution in [0.5, 0.6) is 17.2 Å². The summed E-state index contributed by atoms with van der Waals surface area (Å²) in [4.78, 5) is 55.1. The van der Waals surface area contributed by atoms with Crippen LogP contribution in [0.2, 0.25) is 5.02 Å². The lowest BCUT2D eigenvalue weighted by molar-refractivity contribution is -0.130. The van der Waals surface area contributed by atoms with Gasteiger partial charge in [0.2, 0.25) is 17.2 Å². The minimum Gasteiger partial charge on any atom is -0.496 e. The van der Waals surface area contributed by atoms with E-state index in [9.17, 15) is 19.2 Å². The van der Waals surface area contributed by atoms with Crippen LogP contribution in [-0.2, 0) is 18.9 Å². The Bertz CT molecular complexity index is 1750. The Morgan fingerprint density at radius 2 is 1.82 bits per heavy atom. The fourth-order valence-electron chi connectivity index (χ4n) is 5.96. The number of fused-ring (bicyclic) bond motifs is 2. The van der Waals surface area contributed by atoms with E-state index in [2.05, 4.69) is 5.32 Å². The maximum atomic E-state index is 14.7. The van der Waals surface area contributed by atoms with E-state index in [0.717, 1.165) is 4.57 Å². The molecule has 3 aliphatic rings. The summed E-state index contributed by atoms with van der Waals surface area (Å²) in [6.07, 6.45) is 0.237. The van der Waals surface area contributed by atoms with Gasteiger partial charge in [-0.25, -0.2) is 4.79 Å². The third-order valence-corrected chi connectivity index (χ3v) is 9.01. The van der Waals surface area contributed by atoms with Crippen molar-refractivity contribution in [2.45, 2.75) is 24.9 Å². The summed E-state index contributed by atoms with van der Waals surface area (Å²) < 4.78 is 19.5. The van der Waals surface area contributed by atoms with Crippen molar-refractivity contribution in [3.05, 3.63) is 76.7 Å². The molecule has 1 N–H and O–H groups in total. The standard InChI is InChI=1S/C27H24ClN3O7S/c1-11-8-13-17(16(12-6-7-39-10-12)19-24(29-13)30(2)26(35)31(3)25(19)34)22(32)27(11)23(33)18-14(36-4)9-15(37-5)20(28)21(18)38-27/h6-7,9-11,16,29H,8H2,1-5H3/t11-,16-,27+/m1/s1. The SMILES string of the molecule is COc1cc(OC)c2c(c1Cl)O[C@@]1(C(=O)C3=C(C[C@H]1C)Nc1c(c(=O)n(C)c(=O)n1C)[C@@H]3c1ccsc1)C2=O. The van der Waals surface area contributed by atoms with E-state index >= 15 is 0 Å². The van der Waals surface area contributed by atoms with Gasteiger partial charge in [0, 0.05) is 43.3 Å². The zero-order chi connectivity index (χ0) is 28.0. The van der Waals surface area contributed by atoms with Gasteiger partial charge in [0.25, 0.3) is 5.56 Å². The molecule has 0 saturated heterocycles. The Balaban J connectivity index is 1.60. The number of anilines is 1. The summed E-state index contributed by atoms with van der Waals surface area (Å²) in [6.45, 7) is 1.75. The molecule has 6 rings (SSSR count). The van der Waals surface area contributed by atoms with Gasteiger partial charge >= 0.3 is 5.69 Å². The van der Waals surface area contributed by atoms with Gasteiger partial charge in [-0.3, -0.25) is 23.5 Å². The highest BCUT2D eigenvalue weighted by Crippen LogP contribution is 2.56. The molecule has 1 aromatic carbocycles. The van der Waals surface area contributed by atoms with Gasteiger partial charge in [-0.05, 0) is 28.8 Å². The van der Waals surface area contributed by atoms with Crippen molar-refractivity contribution in [1.29, 1.82) is 0 Å². The number of hydrogen-bond donors (Lipinski definition) is 1. The monoisotopic (exact) mass is 569 g/mol. The molecule has 12 heteroatoms. The topological polar surface area (TPSA) is 118 Å². The Morgan fingerprint density at radius 3 is 2.46 bits per heavy atom. The number of halogens is 1. The summed E-state index contributed by atoms with van der Waals surface area (Å²) in [5.41, 5.74) is -1.15. The minimum absolute atomic E-state index is 0.0247. The number of rotatable bonds is 3. The summed E-state index contributed by atoms with van der Waals surface area (Å²) >= 11 is 7.98. The van der Waals surface area contributed by atoms with E-state index in [-0.39, 0.29) is 45.4 Å². The quantitative estimate of drug-likeness (QED) is 0.478. The molecule has 202 valence electrons. The molecule has 0 bridgehead atoms. The molecule has 2 aliphatic heterocycles. The number of aromatic nitrogens is 2. The second kappa shape index (κ2) is 8.59. The number of nitrogens with zero attached hydrogens (tertiary/aromatic N) is 2. The van der Waals surface area contributed by atoms with Crippen molar-refractivity contribution in [3.8, 4) is 17.2 Å². The molecular weight excluding hydrogens is 546 g/mol. The number of allylic oxidation sites excluding steroid dienone is 1. The van der Waals surface area contributed by atoms with Crippen molar-refractivity contribution in [3.63, 3.8) is 0 Å². The van der Waals surface area contributed by atoms with E-state index in [4.69, 9.17) is 25.8 Å². The van der Waals surface area contributed by atoms with Crippen LogP contribution in [-0.4, -0.2) is 40.5 Å². The number of benzene rings is 1. The highest BCUT2D eigenvalue weighted by Gasteiger charge is 2.63. The lowest BCUT2D eigenvalue weighted by atomic mass is 9.66. The van der Waals surface area contributed by atoms with Crippen molar-refractivity contribution in [2.75, 3.05) is 19.5 Å². The molecule has 0 unspecified atom stereocenters. The van der Waals surface area contributed by atoms with Crippen LogP contribution in [0.15, 0.2) is 43.8 Å². The first-order valence-electron chi connectivity index (χ1n) is 12.1. The smallest absolute Gasteiger partial charge is 0.332 e. The highest BCUT2D eigenvalue weighted by molar-refractivity contribution is 7.08. The van der Waals surface area contributed by atoms with E-state index in [1.54, 1.807) is 14.0 Å². The van der Waals surface area contributed by atoms with E-state index in [1.807, 2.05) is 16.8 Å². The minimum atomic E-state index is -1.93. The number of thiophene rings is 1. The first-order valence-corrected chi connectivity index (χ1v) is 13.5. The van der Waals surface area contributed by atoms with Crippen molar-refractivity contribution in [1.82, 2.24) is 9.13 Å². The second-order valence-electron chi connectivity index (χ2n) is 9.88. The zero-order valence-corrected chi connectivity index (χ0v) is 23.3. The average Bonchev–Trinajstić information content (AvgIpc) is 3.57. The molecule has 0 amide bonds. The Kier molecular flexibility index (Phi) is 5.60. The number of ether oxygens (including phenoxy) is 3. The predicted molar refractivity (Wildman–Crippen MR) is 145 cm³/mol. The third-order valence-electron chi connectivity index (χ3n) is 7.95. The van der Waals surface area contributed by atoms with Gasteiger partial charge in [0.05, 0.1) is 19.8 Å². The van der Waals surface area contributed by atoms with E-state index in [0.29, 0.717) is 17.1 Å². The molecule has 1 spiro atoms. The Morgan fingerprint density at radius 1 is 1.10 bits per heavy atom. The van der Waals surface area contributed by atoms with Crippen LogP contribution in [0.3, 0.4) is 0 Å². The highest BCUT2D eigenvalue weighted by atomic mass is 35.5. The Labute approximate surface area is 231 Å². The largest absolute Gasteiger partial charge is 0.496 e. The van der Waals surface area contributed by atoms with Crippen molar-refractivity contribution in [2.24, 2.45) is 20.0 Å². The van der Waals surface area contributed by atoms with Gasteiger partial charge in [-0.2, -0.15) is 11.3 Å². The lowest BCUT2D eigenvalue weighted by Crippen LogP contribution is -2.58. The fraction of sp³-hybridized carbons (Fsp3) is 0.333. The van der Waals surface area contributed by atoms with Gasteiger partial charge in [0.15, 0.2) is 5.75 Å². The van der Waals surface area contributed by atoms with Crippen molar-refractivity contribution >= 4 is 40.3 Å². The van der Waals surface area contributed by atoms with E-state index < -0.39 is 40.3 Å². The molecule has 10 nitrogen and oxygen atoms in total. The van der Waals surface area contributed by atoms with E-state index in [1.165, 1.54) is 43.2 Å². The van der Waals surface area contributed by atoms with Gasteiger partial charge in [0.1, 0.15) is 27.9 Å². The molecule has 3 atom stereocenters. The zero-order valence-electron chi connectivity index (χ0n) is 21.7. The molecule has 3 aromatic rings. The number of methoxy groups -OCH3 is 2. The maximum absolute atomic E-state index is 14.7. The molecule has 0 fully saturated rings. The van der Waals surface area contributed by atoms with Crippen LogP contribution in [0.4, 0.5) is 5.82 Å². The van der Waals surface area contributed by atoms with Crippen LogP contribution >= 0.6 is 22.9 Å². The summed E-state index contributed by atoms with van der Waals surface area (Å²) in [5, 5.41) is 6.95. The number of nitrogens with one attached hydrogen (secondary N) is 1. The van der Waals surface area contributed by atoms with Crippen LogP contribution in [0.25, 0.3) is 0 Å². The molecular formula is C27H24ClN3O7S. The first kappa shape index (κ1) is 25.4. The number of hydrogen-bond acceptors (Lipinski definition) is 9. The summed E-state index contributed by atoms with van der Waals surface area (Å²) in [5.74, 6) is -1.82. The molecule has 39 heavy (non-hydrogen) atoms. The predicted octanol–water partition coefficient (Wildman–Crippen LogP) is 3.25. The molecule has 0 radical (unpaired) electrons. The fourth-order valence-corrected chi connectivity index (χ4v) is 6.91. The number of carbonyl (C=O) groups is 2. The Hall–Kier alpha value is -3.83. The van der Waals surface area contributed by atoms with Gasteiger partial charge < -0.3 is 19.5 Å². The number of Topliss-reactive ketones (excluding diaryl/α,β-unsaturated/α-hetero) is 2. The first-order chi connectivity index (χ1) is 18.6. The van der Waals surface area contributed by atoms with Crippen LogP contribution in [0, 0.1) is 5.92 Å². The van der Waals surface area contributed by atoms with Gasteiger partial charge in [-0.15, -0.1) is 0 Å². The summed E-state index contributed by atoms with van der Waals surface area (Å²) in [6, 6.07) is 3.31. The average molecular weight is 570 g/mol. The van der Waals surface area contributed by atoms with Crippen LogP contribution in [0.1, 0.15) is 40.7 Å². The number of carbonyl (C=O) groups excluding carboxylic acids is 2. The molecule has 2 aromatic heterocycles. The van der Waals surface area contributed by atoms with Crippen molar-refractivity contribution < 1.29 is 23.8 Å². The second-order valence-corrected chi connectivity index (χ2v) is 11.0. The molecule has 1 aliphatic carbocycles. The van der Waals surface area contributed by atoms with Crippen LogP contribution < -0.4 is 30.8 Å². The summed E-state index contributed by atoms with van der Waals surface area (Å²) in [7, 11) is 5.80. The molecule has 0 saturated carbocycles. The van der Waals surface area contributed by atoms with Gasteiger partial charge in [-0.1, -0.05) is 18.5 Å².